The number of hydrogen-bond acceptors (Lipinski definition) is 7. The van der Waals surface area contributed by atoms with Gasteiger partial charge in [0.05, 0.1) is 36.6 Å². The molecule has 1 spiro atoms. The van der Waals surface area contributed by atoms with Gasteiger partial charge in [-0.1, -0.05) is 93.0 Å². The number of aliphatic hydroxyl groups excluding tert-OH is 1. The maximum absolute atomic E-state index is 15.1. The molecule has 276 valence electrons. The minimum absolute atomic E-state index is 0.0992. The lowest BCUT2D eigenvalue weighted by Crippen LogP contribution is -2.63. The number of aliphatic hydroxyl groups is 1. The van der Waals surface area contributed by atoms with E-state index in [4.69, 9.17) is 9.47 Å². The molecule has 2 bridgehead atoms. The standard InChI is InChI=1S/C39H56BrN3O7/c1-10-12-18-29(45)49-22-27(25-16-14-13-15-17-25)41-34(46)30-31-35(47)43(28(21-44)24(3)4)33(39(31)20-26(40)32(30)50-39)36(48)42(19-11-2)38(8,9)23-37(5,6)7/h10-11,13-17,24,26-28,30-33,44H,1-2,12,18-23H2,3-9H3,(H,41,46)/t26?,27-,28+,30+,31-,32+,33+,39-/m1/s1. The van der Waals surface area contributed by atoms with Crippen molar-refractivity contribution in [3.63, 3.8) is 0 Å². The van der Waals surface area contributed by atoms with Crippen molar-refractivity contribution in [2.45, 2.75) is 114 Å². The Morgan fingerprint density at radius 2 is 1.82 bits per heavy atom. The maximum Gasteiger partial charge on any atom is 0.306 e. The molecule has 0 radical (unpaired) electrons. The highest BCUT2D eigenvalue weighted by molar-refractivity contribution is 9.09. The second kappa shape index (κ2) is 15.7. The summed E-state index contributed by atoms with van der Waals surface area (Å²) < 4.78 is 12.4. The van der Waals surface area contributed by atoms with Crippen LogP contribution in [0.3, 0.4) is 0 Å². The second-order valence-corrected chi connectivity index (χ2v) is 17.3. The fourth-order valence-electron chi connectivity index (χ4n) is 8.57. The van der Waals surface area contributed by atoms with Crippen LogP contribution in [0.1, 0.15) is 85.8 Å². The summed E-state index contributed by atoms with van der Waals surface area (Å²) in [6.45, 7) is 21.6. The molecule has 4 rings (SSSR count). The summed E-state index contributed by atoms with van der Waals surface area (Å²) in [7, 11) is 0. The summed E-state index contributed by atoms with van der Waals surface area (Å²) in [6.07, 6.45) is 4.31. The number of esters is 1. The van der Waals surface area contributed by atoms with Crippen LogP contribution in [0.4, 0.5) is 0 Å². The topological polar surface area (TPSA) is 125 Å². The molecule has 1 aromatic carbocycles. The number of rotatable bonds is 16. The fourth-order valence-corrected chi connectivity index (χ4v) is 9.51. The number of alkyl halides is 1. The highest BCUT2D eigenvalue weighted by Crippen LogP contribution is 2.61. The zero-order valence-electron chi connectivity index (χ0n) is 30.7. The minimum Gasteiger partial charge on any atom is -0.463 e. The molecule has 1 unspecified atom stereocenters. The molecule has 2 N–H and O–H groups in total. The molecule has 3 aliphatic rings. The predicted molar refractivity (Wildman–Crippen MR) is 196 cm³/mol. The Morgan fingerprint density at radius 1 is 1.16 bits per heavy atom. The highest BCUT2D eigenvalue weighted by Gasteiger charge is 2.77. The van der Waals surface area contributed by atoms with Crippen LogP contribution >= 0.6 is 15.9 Å². The first-order chi connectivity index (χ1) is 23.4. The van der Waals surface area contributed by atoms with Crippen molar-refractivity contribution in [1.29, 1.82) is 0 Å². The predicted octanol–water partition coefficient (Wildman–Crippen LogP) is 5.35. The van der Waals surface area contributed by atoms with Crippen LogP contribution < -0.4 is 5.32 Å². The van der Waals surface area contributed by atoms with Crippen molar-refractivity contribution in [3.8, 4) is 0 Å². The number of nitrogens with one attached hydrogen (secondary N) is 1. The molecular weight excluding hydrogens is 702 g/mol. The molecule has 0 aliphatic carbocycles. The number of halogens is 1. The van der Waals surface area contributed by atoms with Crippen LogP contribution in [0.2, 0.25) is 0 Å². The van der Waals surface area contributed by atoms with Gasteiger partial charge in [0.15, 0.2) is 0 Å². The van der Waals surface area contributed by atoms with Gasteiger partial charge in [-0.15, -0.1) is 13.2 Å². The van der Waals surface area contributed by atoms with E-state index in [-0.39, 0.29) is 54.2 Å². The number of amides is 3. The lowest BCUT2D eigenvalue weighted by atomic mass is 9.70. The zero-order valence-corrected chi connectivity index (χ0v) is 32.3. The van der Waals surface area contributed by atoms with E-state index in [0.717, 1.165) is 5.56 Å². The monoisotopic (exact) mass is 757 g/mol. The summed E-state index contributed by atoms with van der Waals surface area (Å²) >= 11 is 3.76. The normalized spacial score (nSPS) is 27.1. The Labute approximate surface area is 306 Å². The van der Waals surface area contributed by atoms with E-state index >= 15 is 4.79 Å². The molecule has 3 fully saturated rings. The Morgan fingerprint density at radius 3 is 2.38 bits per heavy atom. The molecule has 3 heterocycles. The van der Waals surface area contributed by atoms with Crippen LogP contribution in [0.15, 0.2) is 55.6 Å². The van der Waals surface area contributed by atoms with Crippen molar-refractivity contribution in [2.75, 3.05) is 19.8 Å². The number of fused-ring (bicyclic) bond motifs is 1. The van der Waals surface area contributed by atoms with Crippen molar-refractivity contribution in [3.05, 3.63) is 61.2 Å². The van der Waals surface area contributed by atoms with Crippen molar-refractivity contribution in [1.82, 2.24) is 15.1 Å². The number of nitrogens with zero attached hydrogens (tertiary/aromatic N) is 2. The number of carbonyl (C=O) groups excluding carboxylic acids is 4. The molecule has 0 saturated carbocycles. The van der Waals surface area contributed by atoms with Gasteiger partial charge in [-0.05, 0) is 50.0 Å². The highest BCUT2D eigenvalue weighted by atomic mass is 79.9. The quantitative estimate of drug-likeness (QED) is 0.132. The fraction of sp³-hybridized carbons (Fsp3) is 0.641. The molecule has 1 aromatic rings. The largest absolute Gasteiger partial charge is 0.463 e. The maximum atomic E-state index is 15.1. The molecule has 0 aromatic heterocycles. The van der Waals surface area contributed by atoms with Gasteiger partial charge in [0.2, 0.25) is 17.7 Å². The van der Waals surface area contributed by atoms with E-state index in [1.54, 1.807) is 17.1 Å². The summed E-state index contributed by atoms with van der Waals surface area (Å²) in [5.74, 6) is -3.59. The molecule has 10 nitrogen and oxygen atoms in total. The second-order valence-electron chi connectivity index (χ2n) is 16.2. The van der Waals surface area contributed by atoms with E-state index in [0.29, 0.717) is 19.3 Å². The first kappa shape index (κ1) is 39.8. The average molecular weight is 759 g/mol. The molecule has 3 amide bonds. The first-order valence-electron chi connectivity index (χ1n) is 17.7. The van der Waals surface area contributed by atoms with Crippen LogP contribution in [0.25, 0.3) is 0 Å². The lowest BCUT2D eigenvalue weighted by Gasteiger charge is -2.47. The van der Waals surface area contributed by atoms with Crippen molar-refractivity contribution < 1.29 is 33.8 Å². The Balaban J connectivity index is 1.76. The van der Waals surface area contributed by atoms with E-state index in [2.05, 4.69) is 55.2 Å². The van der Waals surface area contributed by atoms with E-state index in [9.17, 15) is 19.5 Å². The molecular formula is C39H56BrN3O7. The lowest BCUT2D eigenvalue weighted by molar-refractivity contribution is -0.156. The van der Waals surface area contributed by atoms with Crippen LogP contribution in [0.5, 0.6) is 0 Å². The zero-order chi connectivity index (χ0) is 37.2. The van der Waals surface area contributed by atoms with Gasteiger partial charge in [-0.2, -0.15) is 0 Å². The van der Waals surface area contributed by atoms with Crippen LogP contribution in [-0.4, -0.2) is 92.5 Å². The summed E-state index contributed by atoms with van der Waals surface area (Å²) in [4.78, 5) is 59.8. The summed E-state index contributed by atoms with van der Waals surface area (Å²) in [6, 6.07) is 6.77. The molecule has 8 atom stereocenters. The van der Waals surface area contributed by atoms with Crippen molar-refractivity contribution >= 4 is 39.6 Å². The average Bonchev–Trinajstić information content (AvgIpc) is 3.63. The number of carbonyl (C=O) groups is 4. The van der Waals surface area contributed by atoms with Crippen molar-refractivity contribution in [2.24, 2.45) is 23.2 Å². The van der Waals surface area contributed by atoms with E-state index in [1.165, 1.54) is 4.90 Å². The molecule has 11 heteroatoms. The van der Waals surface area contributed by atoms with Gasteiger partial charge in [-0.3, -0.25) is 19.2 Å². The number of ether oxygens (including phenoxy) is 2. The van der Waals surface area contributed by atoms with Gasteiger partial charge in [0.25, 0.3) is 0 Å². The minimum atomic E-state index is -1.31. The SMILES string of the molecule is C=CCCC(=O)OC[C@@H](NC(=O)[C@@H]1[C@H]2O[C@@]3(CC2Br)[C@H](C(=O)N(CC=C)C(C)(C)CC(C)(C)C)N([C@@H](CO)C(C)C)C(=O)[C@@H]13)c1ccccc1. The van der Waals surface area contributed by atoms with Gasteiger partial charge in [-0.25, -0.2) is 0 Å². The van der Waals surface area contributed by atoms with Crippen LogP contribution in [-0.2, 0) is 28.7 Å². The number of benzene rings is 1. The number of allylic oxidation sites excluding steroid dienone is 1. The van der Waals surface area contributed by atoms with Gasteiger partial charge in [0.1, 0.15) is 18.2 Å². The Hall–Kier alpha value is -3.02. The third-order valence-corrected chi connectivity index (χ3v) is 11.2. The van der Waals surface area contributed by atoms with Gasteiger partial charge < -0.3 is 29.7 Å². The molecule has 3 aliphatic heterocycles. The van der Waals surface area contributed by atoms with E-state index in [1.807, 2.05) is 58.0 Å². The van der Waals surface area contributed by atoms with Gasteiger partial charge in [0, 0.05) is 23.3 Å². The Bertz CT molecular complexity index is 1430. The van der Waals surface area contributed by atoms with Crippen LogP contribution in [0, 0.1) is 23.2 Å². The van der Waals surface area contributed by atoms with E-state index < -0.39 is 59.1 Å². The smallest absolute Gasteiger partial charge is 0.306 e. The first-order valence-corrected chi connectivity index (χ1v) is 18.6. The number of likely N-dealkylation sites (tertiary alicyclic amines) is 1. The van der Waals surface area contributed by atoms with Gasteiger partial charge >= 0.3 is 5.97 Å². The molecule has 3 saturated heterocycles. The number of hydrogen-bond donors (Lipinski definition) is 2. The summed E-state index contributed by atoms with van der Waals surface area (Å²) in [5, 5.41) is 13.8. The molecule has 50 heavy (non-hydrogen) atoms. The third kappa shape index (κ3) is 7.89. The Kier molecular flexibility index (Phi) is 12.5. The third-order valence-electron chi connectivity index (χ3n) is 10.3. The summed E-state index contributed by atoms with van der Waals surface area (Å²) in [5.41, 5.74) is -1.30.